The van der Waals surface area contributed by atoms with Gasteiger partial charge >= 0.3 is 0 Å². The summed E-state index contributed by atoms with van der Waals surface area (Å²) in [6.45, 7) is 0.407. The maximum Gasteiger partial charge on any atom is 0.260 e. The van der Waals surface area contributed by atoms with E-state index < -0.39 is 0 Å². The number of rotatable bonds is 7. The highest BCUT2D eigenvalue weighted by Crippen LogP contribution is 2.36. The molecule has 0 bridgehead atoms. The van der Waals surface area contributed by atoms with Crippen molar-refractivity contribution in [1.29, 1.82) is 0 Å². The number of hydrogen-bond acceptors (Lipinski definition) is 6. The summed E-state index contributed by atoms with van der Waals surface area (Å²) < 4.78 is 10.9. The van der Waals surface area contributed by atoms with Crippen LogP contribution in [0.25, 0.3) is 11.3 Å². The molecule has 0 unspecified atom stereocenters. The molecule has 1 amide bonds. The summed E-state index contributed by atoms with van der Waals surface area (Å²) in [6, 6.07) is 18.8. The Morgan fingerprint density at radius 3 is 2.48 bits per heavy atom. The molecule has 0 fully saturated rings. The summed E-state index contributed by atoms with van der Waals surface area (Å²) in [5.74, 6) is 1.26. The van der Waals surface area contributed by atoms with Crippen molar-refractivity contribution in [2.75, 3.05) is 19.1 Å². The number of carbonyl (C=O) groups is 1. The third kappa shape index (κ3) is 4.57. The number of amides is 1. The number of thiazole rings is 1. The molecule has 0 aliphatic rings. The first kappa shape index (κ1) is 20.6. The number of methoxy groups -OCH3 is 2. The molecule has 2 heterocycles. The van der Waals surface area contributed by atoms with Crippen molar-refractivity contribution in [1.82, 2.24) is 9.97 Å². The van der Waals surface area contributed by atoms with Crippen molar-refractivity contribution in [2.45, 2.75) is 6.54 Å². The zero-order valence-corrected chi connectivity index (χ0v) is 18.0. The van der Waals surface area contributed by atoms with E-state index in [1.807, 2.05) is 53.9 Å². The van der Waals surface area contributed by atoms with E-state index >= 15 is 0 Å². The Morgan fingerprint density at radius 1 is 1.00 bits per heavy atom. The summed E-state index contributed by atoms with van der Waals surface area (Å²) >= 11 is 1.41. The fraction of sp³-hybridized carbons (Fsp3) is 0.125. The normalized spacial score (nSPS) is 10.5. The summed E-state index contributed by atoms with van der Waals surface area (Å²) in [4.78, 5) is 23.8. The van der Waals surface area contributed by atoms with Crippen LogP contribution in [0.5, 0.6) is 11.5 Å². The predicted octanol–water partition coefficient (Wildman–Crippen LogP) is 5.07. The van der Waals surface area contributed by atoms with E-state index in [2.05, 4.69) is 4.98 Å². The first-order chi connectivity index (χ1) is 15.2. The minimum atomic E-state index is -0.134. The van der Waals surface area contributed by atoms with Gasteiger partial charge in [-0.3, -0.25) is 14.7 Å². The number of benzene rings is 2. The van der Waals surface area contributed by atoms with Gasteiger partial charge in [0.1, 0.15) is 11.5 Å². The second-order valence-electron chi connectivity index (χ2n) is 6.69. The Kier molecular flexibility index (Phi) is 6.24. The number of ether oxygens (including phenoxy) is 2. The lowest BCUT2D eigenvalue weighted by Crippen LogP contribution is -2.30. The third-order valence-corrected chi connectivity index (χ3v) is 5.63. The van der Waals surface area contributed by atoms with Gasteiger partial charge in [-0.15, -0.1) is 11.3 Å². The van der Waals surface area contributed by atoms with Gasteiger partial charge in [0.25, 0.3) is 5.91 Å². The van der Waals surface area contributed by atoms with E-state index in [9.17, 15) is 4.79 Å². The number of nitrogens with zero attached hydrogens (tertiary/aromatic N) is 3. The van der Waals surface area contributed by atoms with Crippen molar-refractivity contribution in [3.63, 3.8) is 0 Å². The average molecular weight is 432 g/mol. The van der Waals surface area contributed by atoms with Crippen LogP contribution in [0.15, 0.2) is 78.4 Å². The molecule has 0 aliphatic carbocycles. The van der Waals surface area contributed by atoms with E-state index in [0.717, 1.165) is 16.8 Å². The molecule has 4 rings (SSSR count). The molecule has 0 atom stereocenters. The Hall–Kier alpha value is -3.71. The van der Waals surface area contributed by atoms with Crippen LogP contribution in [0, 0.1) is 0 Å². The molecule has 0 N–H and O–H groups in total. The van der Waals surface area contributed by atoms with E-state index in [1.165, 1.54) is 11.3 Å². The van der Waals surface area contributed by atoms with Gasteiger partial charge in [0, 0.05) is 28.9 Å². The van der Waals surface area contributed by atoms with Gasteiger partial charge in [-0.05, 0) is 35.9 Å². The monoisotopic (exact) mass is 431 g/mol. The third-order valence-electron chi connectivity index (χ3n) is 4.76. The lowest BCUT2D eigenvalue weighted by Gasteiger charge is -2.20. The Balaban J connectivity index is 1.73. The Bertz CT molecular complexity index is 1160. The van der Waals surface area contributed by atoms with Crippen LogP contribution in [0.1, 0.15) is 15.9 Å². The quantitative estimate of drug-likeness (QED) is 0.409. The van der Waals surface area contributed by atoms with Gasteiger partial charge in [-0.1, -0.05) is 30.3 Å². The molecular formula is C24H21N3O3S. The molecule has 31 heavy (non-hydrogen) atoms. The molecule has 6 nitrogen and oxygen atoms in total. The molecule has 7 heteroatoms. The van der Waals surface area contributed by atoms with E-state index in [4.69, 9.17) is 14.5 Å². The number of hydrogen-bond donors (Lipinski definition) is 0. The van der Waals surface area contributed by atoms with Crippen LogP contribution in [0.4, 0.5) is 5.13 Å². The Morgan fingerprint density at radius 2 is 1.77 bits per heavy atom. The maximum atomic E-state index is 13.3. The summed E-state index contributed by atoms with van der Waals surface area (Å²) in [7, 11) is 3.24. The summed E-state index contributed by atoms with van der Waals surface area (Å²) in [5.41, 5.74) is 3.10. The zero-order valence-electron chi connectivity index (χ0n) is 17.2. The minimum absolute atomic E-state index is 0.134. The smallest absolute Gasteiger partial charge is 0.260 e. The van der Waals surface area contributed by atoms with Crippen LogP contribution in [0.3, 0.4) is 0 Å². The highest BCUT2D eigenvalue weighted by atomic mass is 32.1. The number of carbonyl (C=O) groups excluding carboxylic acids is 1. The fourth-order valence-corrected chi connectivity index (χ4v) is 3.99. The van der Waals surface area contributed by atoms with Gasteiger partial charge in [0.05, 0.1) is 26.5 Å². The lowest BCUT2D eigenvalue weighted by molar-refractivity contribution is 0.0985. The average Bonchev–Trinajstić information content (AvgIpc) is 3.32. The van der Waals surface area contributed by atoms with Crippen molar-refractivity contribution < 1.29 is 14.3 Å². The molecule has 0 aliphatic heterocycles. The van der Waals surface area contributed by atoms with E-state index in [0.29, 0.717) is 28.7 Å². The molecule has 0 saturated heterocycles. The van der Waals surface area contributed by atoms with Gasteiger partial charge < -0.3 is 9.47 Å². The number of anilines is 1. The standard InChI is InChI=1S/C24H21N3O3S/c1-29-19-8-9-22(30-2)20(14-19)21-16-31-24(26-21)27(15-17-6-4-3-5-7-17)23(28)18-10-12-25-13-11-18/h3-14,16H,15H2,1-2H3. The molecular weight excluding hydrogens is 410 g/mol. The van der Waals surface area contributed by atoms with Crippen molar-refractivity contribution in [3.8, 4) is 22.8 Å². The topological polar surface area (TPSA) is 64.6 Å². The van der Waals surface area contributed by atoms with Gasteiger partial charge in [0.2, 0.25) is 0 Å². The van der Waals surface area contributed by atoms with Gasteiger partial charge in [-0.2, -0.15) is 0 Å². The van der Waals surface area contributed by atoms with Crippen LogP contribution in [0.2, 0.25) is 0 Å². The van der Waals surface area contributed by atoms with Gasteiger partial charge in [-0.25, -0.2) is 4.98 Å². The first-order valence-corrected chi connectivity index (χ1v) is 10.5. The zero-order chi connectivity index (χ0) is 21.6. The lowest BCUT2D eigenvalue weighted by atomic mass is 10.1. The number of pyridine rings is 1. The molecule has 2 aromatic carbocycles. The molecule has 4 aromatic rings. The molecule has 156 valence electrons. The maximum absolute atomic E-state index is 13.3. The van der Waals surface area contributed by atoms with Crippen LogP contribution >= 0.6 is 11.3 Å². The first-order valence-electron chi connectivity index (χ1n) is 9.63. The van der Waals surface area contributed by atoms with Crippen LogP contribution in [-0.4, -0.2) is 30.1 Å². The molecule has 0 saturated carbocycles. The number of aromatic nitrogens is 2. The van der Waals surface area contributed by atoms with Gasteiger partial charge in [0.15, 0.2) is 5.13 Å². The SMILES string of the molecule is COc1ccc(OC)c(-c2csc(N(Cc3ccccc3)C(=O)c3ccncc3)n2)c1. The summed E-state index contributed by atoms with van der Waals surface area (Å²) in [5, 5.41) is 2.52. The van der Waals surface area contributed by atoms with Crippen molar-refractivity contribution in [2.24, 2.45) is 0 Å². The second kappa shape index (κ2) is 9.40. The van der Waals surface area contributed by atoms with Crippen molar-refractivity contribution in [3.05, 3.63) is 89.6 Å². The predicted molar refractivity (Wildman–Crippen MR) is 122 cm³/mol. The summed E-state index contributed by atoms with van der Waals surface area (Å²) in [6.07, 6.45) is 3.23. The van der Waals surface area contributed by atoms with Crippen LogP contribution < -0.4 is 14.4 Å². The van der Waals surface area contributed by atoms with Crippen molar-refractivity contribution >= 4 is 22.4 Å². The highest BCUT2D eigenvalue weighted by Gasteiger charge is 2.22. The largest absolute Gasteiger partial charge is 0.497 e. The fourth-order valence-electron chi connectivity index (χ4n) is 3.17. The van der Waals surface area contributed by atoms with E-state index in [-0.39, 0.29) is 5.91 Å². The minimum Gasteiger partial charge on any atom is -0.497 e. The Labute approximate surface area is 184 Å². The van der Waals surface area contributed by atoms with E-state index in [1.54, 1.807) is 43.6 Å². The highest BCUT2D eigenvalue weighted by molar-refractivity contribution is 7.14. The molecule has 0 spiro atoms. The molecule has 0 radical (unpaired) electrons. The second-order valence-corrected chi connectivity index (χ2v) is 7.53. The molecule has 2 aromatic heterocycles. The van der Waals surface area contributed by atoms with Crippen LogP contribution in [-0.2, 0) is 6.54 Å².